The van der Waals surface area contributed by atoms with Crippen LogP contribution in [-0.4, -0.2) is 17.7 Å². The summed E-state index contributed by atoms with van der Waals surface area (Å²) in [5, 5.41) is 3.35. The molecule has 0 aromatic heterocycles. The van der Waals surface area contributed by atoms with Crippen LogP contribution in [0.1, 0.15) is 19.4 Å². The first-order chi connectivity index (χ1) is 7.58. The van der Waals surface area contributed by atoms with E-state index in [0.717, 1.165) is 11.4 Å². The zero-order valence-corrected chi connectivity index (χ0v) is 10.5. The van der Waals surface area contributed by atoms with Gasteiger partial charge in [0.15, 0.2) is 0 Å². The highest BCUT2D eigenvalue weighted by atomic mass is 32.2. The van der Waals surface area contributed by atoms with Crippen LogP contribution >= 0.6 is 11.8 Å². The second-order valence-corrected chi connectivity index (χ2v) is 4.99. The van der Waals surface area contributed by atoms with Crippen molar-refractivity contribution < 1.29 is 4.79 Å². The summed E-state index contributed by atoms with van der Waals surface area (Å²) >= 11 is 1.47. The normalized spacial score (nSPS) is 10.7. The first-order valence-electron chi connectivity index (χ1n) is 5.31. The van der Waals surface area contributed by atoms with E-state index in [9.17, 15) is 4.79 Å². The predicted molar refractivity (Wildman–Crippen MR) is 68.3 cm³/mol. The lowest BCUT2D eigenvalue weighted by Crippen LogP contribution is -2.21. The summed E-state index contributed by atoms with van der Waals surface area (Å²) in [4.78, 5) is 11.7. The molecule has 16 heavy (non-hydrogen) atoms. The number of nitrogens with two attached hydrogens (primary N) is 1. The van der Waals surface area contributed by atoms with Gasteiger partial charge in [-0.05, 0) is 17.7 Å². The Morgan fingerprint density at radius 3 is 2.88 bits per heavy atom. The smallest absolute Gasteiger partial charge is 0.227 e. The number of amides is 1. The molecule has 4 heteroatoms. The first kappa shape index (κ1) is 13.1. The second kappa shape index (κ2) is 6.55. The van der Waals surface area contributed by atoms with Crippen LogP contribution in [0.15, 0.2) is 29.2 Å². The molecule has 0 atom stereocenters. The van der Waals surface area contributed by atoms with Crippen LogP contribution in [0.4, 0.5) is 0 Å². The monoisotopic (exact) mass is 238 g/mol. The maximum atomic E-state index is 10.7. The van der Waals surface area contributed by atoms with E-state index >= 15 is 0 Å². The topological polar surface area (TPSA) is 55.1 Å². The van der Waals surface area contributed by atoms with Crippen LogP contribution < -0.4 is 11.1 Å². The van der Waals surface area contributed by atoms with Crippen LogP contribution in [0.3, 0.4) is 0 Å². The van der Waals surface area contributed by atoms with Crippen molar-refractivity contribution in [1.29, 1.82) is 0 Å². The molecule has 0 heterocycles. The first-order valence-corrected chi connectivity index (χ1v) is 6.30. The minimum absolute atomic E-state index is 0.282. The Balaban J connectivity index is 2.53. The molecule has 0 aliphatic rings. The molecule has 0 fully saturated rings. The molecular weight excluding hydrogens is 220 g/mol. The molecule has 1 rings (SSSR count). The van der Waals surface area contributed by atoms with Crippen LogP contribution in [0.25, 0.3) is 0 Å². The Morgan fingerprint density at radius 1 is 1.50 bits per heavy atom. The van der Waals surface area contributed by atoms with E-state index in [1.165, 1.54) is 17.3 Å². The number of nitrogens with one attached hydrogen (secondary N) is 1. The summed E-state index contributed by atoms with van der Waals surface area (Å²) in [5.74, 6) is 0.0526. The molecule has 0 aliphatic heterocycles. The average molecular weight is 238 g/mol. The van der Waals surface area contributed by atoms with E-state index in [-0.39, 0.29) is 5.91 Å². The number of carbonyl (C=O) groups is 1. The number of carbonyl (C=O) groups excluding carboxylic acids is 1. The number of benzene rings is 1. The number of thioether (sulfide) groups is 1. The maximum absolute atomic E-state index is 10.7. The van der Waals surface area contributed by atoms with Gasteiger partial charge in [-0.3, -0.25) is 4.79 Å². The van der Waals surface area contributed by atoms with Gasteiger partial charge < -0.3 is 11.1 Å². The number of hydrogen-bond donors (Lipinski definition) is 2. The van der Waals surface area contributed by atoms with E-state index in [1.54, 1.807) is 0 Å². The molecule has 1 aromatic carbocycles. The summed E-state index contributed by atoms with van der Waals surface area (Å²) in [5.41, 5.74) is 6.33. The zero-order chi connectivity index (χ0) is 12.0. The zero-order valence-electron chi connectivity index (χ0n) is 9.69. The van der Waals surface area contributed by atoms with Crippen molar-refractivity contribution in [2.24, 2.45) is 5.73 Å². The molecule has 1 amide bonds. The molecule has 0 radical (unpaired) electrons. The molecule has 0 unspecified atom stereocenters. The molecule has 0 bridgehead atoms. The minimum atomic E-state index is -0.282. The Labute approximate surface area is 101 Å². The van der Waals surface area contributed by atoms with Gasteiger partial charge in [0.2, 0.25) is 5.91 Å². The third-order valence-electron chi connectivity index (χ3n) is 1.99. The Morgan fingerprint density at radius 2 is 2.25 bits per heavy atom. The highest BCUT2D eigenvalue weighted by Crippen LogP contribution is 2.18. The van der Waals surface area contributed by atoms with Gasteiger partial charge >= 0.3 is 0 Å². The maximum Gasteiger partial charge on any atom is 0.227 e. The van der Waals surface area contributed by atoms with Crippen molar-refractivity contribution in [3.8, 4) is 0 Å². The highest BCUT2D eigenvalue weighted by Gasteiger charge is 2.00. The minimum Gasteiger partial charge on any atom is -0.369 e. The molecule has 0 saturated carbocycles. The van der Waals surface area contributed by atoms with E-state index in [1.807, 2.05) is 12.1 Å². The molecule has 3 N–H and O–H groups in total. The van der Waals surface area contributed by atoms with E-state index < -0.39 is 0 Å². The fourth-order valence-electron chi connectivity index (χ4n) is 1.22. The summed E-state index contributed by atoms with van der Waals surface area (Å²) in [6, 6.07) is 8.63. The van der Waals surface area contributed by atoms with Gasteiger partial charge in [-0.25, -0.2) is 0 Å². The number of rotatable bonds is 6. The second-order valence-electron chi connectivity index (χ2n) is 3.94. The van der Waals surface area contributed by atoms with Crippen molar-refractivity contribution in [1.82, 2.24) is 5.32 Å². The van der Waals surface area contributed by atoms with Gasteiger partial charge in [0.1, 0.15) is 0 Å². The molecule has 0 aliphatic carbocycles. The van der Waals surface area contributed by atoms with Crippen molar-refractivity contribution in [3.63, 3.8) is 0 Å². The third-order valence-corrected chi connectivity index (χ3v) is 3.01. The van der Waals surface area contributed by atoms with Crippen molar-refractivity contribution >= 4 is 17.7 Å². The molecule has 0 saturated heterocycles. The fraction of sp³-hybridized carbons (Fsp3) is 0.417. The molecule has 3 nitrogen and oxygen atoms in total. The lowest BCUT2D eigenvalue weighted by atomic mass is 10.2. The van der Waals surface area contributed by atoms with Gasteiger partial charge in [-0.2, -0.15) is 0 Å². The van der Waals surface area contributed by atoms with Crippen molar-refractivity contribution in [2.45, 2.75) is 31.3 Å². The van der Waals surface area contributed by atoms with Gasteiger partial charge in [-0.15, -0.1) is 11.8 Å². The van der Waals surface area contributed by atoms with Crippen LogP contribution in [-0.2, 0) is 11.3 Å². The Kier molecular flexibility index (Phi) is 5.35. The van der Waals surface area contributed by atoms with Gasteiger partial charge in [-0.1, -0.05) is 26.0 Å². The van der Waals surface area contributed by atoms with Crippen LogP contribution in [0.5, 0.6) is 0 Å². The Hall–Kier alpha value is -1.00. The lowest BCUT2D eigenvalue weighted by molar-refractivity contribution is -0.115. The Bertz CT molecular complexity index is 353. The highest BCUT2D eigenvalue weighted by molar-refractivity contribution is 8.00. The lowest BCUT2D eigenvalue weighted by Gasteiger charge is -2.09. The fourth-order valence-corrected chi connectivity index (χ4v) is 1.94. The van der Waals surface area contributed by atoms with Crippen LogP contribution in [0.2, 0.25) is 0 Å². The van der Waals surface area contributed by atoms with E-state index in [0.29, 0.717) is 11.8 Å². The standard InChI is InChI=1S/C12H18N2OS/c1-9(2)14-7-10-4-3-5-11(6-10)16-8-12(13)15/h3-6,9,14H,7-8H2,1-2H3,(H2,13,15). The van der Waals surface area contributed by atoms with Gasteiger partial charge in [0.25, 0.3) is 0 Å². The van der Waals surface area contributed by atoms with Crippen LogP contribution in [0, 0.1) is 0 Å². The van der Waals surface area contributed by atoms with Gasteiger partial charge in [0.05, 0.1) is 5.75 Å². The van der Waals surface area contributed by atoms with Gasteiger partial charge in [0, 0.05) is 17.5 Å². The summed E-state index contributed by atoms with van der Waals surface area (Å²) in [6.07, 6.45) is 0. The summed E-state index contributed by atoms with van der Waals surface area (Å²) < 4.78 is 0. The predicted octanol–water partition coefficient (Wildman–Crippen LogP) is 1.76. The van der Waals surface area contributed by atoms with Crippen molar-refractivity contribution in [2.75, 3.05) is 5.75 Å². The number of primary amides is 1. The molecule has 88 valence electrons. The quantitative estimate of drug-likeness (QED) is 0.743. The van der Waals surface area contributed by atoms with Crippen molar-refractivity contribution in [3.05, 3.63) is 29.8 Å². The average Bonchev–Trinajstić information content (AvgIpc) is 2.24. The summed E-state index contributed by atoms with van der Waals surface area (Å²) in [7, 11) is 0. The largest absolute Gasteiger partial charge is 0.369 e. The third kappa shape index (κ3) is 5.19. The van der Waals surface area contributed by atoms with E-state index in [4.69, 9.17) is 5.73 Å². The molecule has 0 spiro atoms. The molecule has 1 aromatic rings. The number of hydrogen-bond acceptors (Lipinski definition) is 3. The SMILES string of the molecule is CC(C)NCc1cccc(SCC(N)=O)c1. The van der Waals surface area contributed by atoms with E-state index in [2.05, 4.69) is 31.3 Å². The summed E-state index contributed by atoms with van der Waals surface area (Å²) in [6.45, 7) is 5.08. The molecular formula is C12H18N2OS.